The fourth-order valence-electron chi connectivity index (χ4n) is 1.38. The standard InChI is InChI=1S/C12H10ClIS/c1-8-2-4-9(5-3-8)12(13)10-6-11(14)15-7-10/h2-7,12H,1H3. The molecule has 0 aliphatic heterocycles. The molecular weight excluding hydrogens is 339 g/mol. The van der Waals surface area contributed by atoms with Crippen molar-refractivity contribution in [3.63, 3.8) is 0 Å². The Morgan fingerprint density at radius 1 is 1.20 bits per heavy atom. The molecule has 2 rings (SSSR count). The number of aryl methyl sites for hydroxylation is 1. The van der Waals surface area contributed by atoms with Crippen molar-refractivity contribution >= 4 is 45.5 Å². The summed E-state index contributed by atoms with van der Waals surface area (Å²) < 4.78 is 1.28. The predicted octanol–water partition coefficient (Wildman–Crippen LogP) is 4.99. The van der Waals surface area contributed by atoms with Gasteiger partial charge in [0.25, 0.3) is 0 Å². The molecular formula is C12H10ClIS. The Morgan fingerprint density at radius 3 is 2.40 bits per heavy atom. The van der Waals surface area contributed by atoms with E-state index in [4.69, 9.17) is 11.6 Å². The first-order chi connectivity index (χ1) is 7.16. The van der Waals surface area contributed by atoms with Crippen LogP contribution < -0.4 is 0 Å². The zero-order valence-electron chi connectivity index (χ0n) is 8.21. The van der Waals surface area contributed by atoms with Gasteiger partial charge in [0.1, 0.15) is 0 Å². The minimum atomic E-state index is -0.0228. The average molecular weight is 349 g/mol. The molecule has 0 amide bonds. The van der Waals surface area contributed by atoms with Crippen LogP contribution in [-0.4, -0.2) is 0 Å². The van der Waals surface area contributed by atoms with Crippen molar-refractivity contribution in [1.29, 1.82) is 0 Å². The van der Waals surface area contributed by atoms with Crippen molar-refractivity contribution in [2.24, 2.45) is 0 Å². The molecule has 0 fully saturated rings. The van der Waals surface area contributed by atoms with Gasteiger partial charge in [-0.3, -0.25) is 0 Å². The van der Waals surface area contributed by atoms with Gasteiger partial charge < -0.3 is 0 Å². The van der Waals surface area contributed by atoms with Crippen molar-refractivity contribution in [3.8, 4) is 0 Å². The van der Waals surface area contributed by atoms with Crippen molar-refractivity contribution in [2.75, 3.05) is 0 Å². The Hall–Kier alpha value is -0.0600. The lowest BCUT2D eigenvalue weighted by atomic mass is 10.1. The van der Waals surface area contributed by atoms with Gasteiger partial charge in [0.15, 0.2) is 0 Å². The van der Waals surface area contributed by atoms with E-state index >= 15 is 0 Å². The molecule has 15 heavy (non-hydrogen) atoms. The normalized spacial score (nSPS) is 12.7. The van der Waals surface area contributed by atoms with Crippen LogP contribution in [0.5, 0.6) is 0 Å². The predicted molar refractivity (Wildman–Crippen MR) is 75.9 cm³/mol. The van der Waals surface area contributed by atoms with E-state index in [2.05, 4.69) is 65.2 Å². The van der Waals surface area contributed by atoms with E-state index in [0.717, 1.165) is 5.56 Å². The van der Waals surface area contributed by atoms with Gasteiger partial charge in [-0.15, -0.1) is 22.9 Å². The maximum Gasteiger partial charge on any atom is 0.0843 e. The SMILES string of the molecule is Cc1ccc(C(Cl)c2csc(I)c2)cc1. The Balaban J connectivity index is 2.28. The molecule has 0 nitrogen and oxygen atoms in total. The first kappa shape index (κ1) is 11.4. The lowest BCUT2D eigenvalue weighted by Crippen LogP contribution is -1.90. The van der Waals surface area contributed by atoms with E-state index in [1.165, 1.54) is 14.0 Å². The average Bonchev–Trinajstić information content (AvgIpc) is 2.65. The molecule has 1 unspecified atom stereocenters. The van der Waals surface area contributed by atoms with Crippen LogP contribution >= 0.6 is 45.5 Å². The van der Waals surface area contributed by atoms with Crippen molar-refractivity contribution in [3.05, 3.63) is 55.3 Å². The third kappa shape index (κ3) is 2.74. The molecule has 1 aromatic carbocycles. The molecule has 0 saturated heterocycles. The fraction of sp³-hybridized carbons (Fsp3) is 0.167. The van der Waals surface area contributed by atoms with Gasteiger partial charge >= 0.3 is 0 Å². The van der Waals surface area contributed by atoms with Crippen LogP contribution in [0.15, 0.2) is 35.7 Å². The van der Waals surface area contributed by atoms with E-state index < -0.39 is 0 Å². The number of halogens is 2. The van der Waals surface area contributed by atoms with E-state index in [1.807, 2.05) is 0 Å². The topological polar surface area (TPSA) is 0 Å². The summed E-state index contributed by atoms with van der Waals surface area (Å²) in [5.41, 5.74) is 3.62. The number of rotatable bonds is 2. The van der Waals surface area contributed by atoms with Gasteiger partial charge in [-0.1, -0.05) is 29.8 Å². The van der Waals surface area contributed by atoms with Gasteiger partial charge in [-0.25, -0.2) is 0 Å². The van der Waals surface area contributed by atoms with Crippen molar-refractivity contribution < 1.29 is 0 Å². The summed E-state index contributed by atoms with van der Waals surface area (Å²) in [6.07, 6.45) is 0. The quantitative estimate of drug-likeness (QED) is 0.530. The lowest BCUT2D eigenvalue weighted by molar-refractivity contribution is 1.15. The third-order valence-corrected chi connectivity index (χ3v) is 4.56. The van der Waals surface area contributed by atoms with Gasteiger partial charge in [0, 0.05) is 0 Å². The molecule has 0 N–H and O–H groups in total. The molecule has 1 heterocycles. The lowest BCUT2D eigenvalue weighted by Gasteiger charge is -2.07. The number of benzene rings is 1. The number of alkyl halides is 1. The fourth-order valence-corrected chi connectivity index (χ4v) is 3.13. The van der Waals surface area contributed by atoms with Crippen LogP contribution in [0.2, 0.25) is 0 Å². The highest BCUT2D eigenvalue weighted by atomic mass is 127. The summed E-state index contributed by atoms with van der Waals surface area (Å²) in [5.74, 6) is 0. The molecule has 0 aliphatic rings. The Kier molecular flexibility index (Phi) is 3.69. The second-order valence-corrected chi connectivity index (χ2v) is 6.70. The van der Waals surface area contributed by atoms with Gasteiger partial charge in [-0.05, 0) is 52.1 Å². The first-order valence-corrected chi connectivity index (χ1v) is 7.01. The van der Waals surface area contributed by atoms with Gasteiger partial charge in [0.05, 0.1) is 8.26 Å². The van der Waals surface area contributed by atoms with Crippen molar-refractivity contribution in [1.82, 2.24) is 0 Å². The molecule has 2 aromatic rings. The summed E-state index contributed by atoms with van der Waals surface area (Å²) in [6, 6.07) is 10.5. The maximum absolute atomic E-state index is 6.40. The van der Waals surface area contributed by atoms with Crippen molar-refractivity contribution in [2.45, 2.75) is 12.3 Å². The molecule has 1 aromatic heterocycles. The molecule has 0 radical (unpaired) electrons. The van der Waals surface area contributed by atoms with Gasteiger partial charge in [-0.2, -0.15) is 0 Å². The van der Waals surface area contributed by atoms with E-state index in [-0.39, 0.29) is 5.38 Å². The van der Waals surface area contributed by atoms with Crippen LogP contribution in [0.3, 0.4) is 0 Å². The van der Waals surface area contributed by atoms with Crippen LogP contribution in [0.25, 0.3) is 0 Å². The second-order valence-electron chi connectivity index (χ2n) is 3.46. The number of hydrogen-bond donors (Lipinski definition) is 0. The summed E-state index contributed by atoms with van der Waals surface area (Å²) in [5, 5.41) is 2.10. The Bertz CT molecular complexity index is 447. The third-order valence-electron chi connectivity index (χ3n) is 2.25. The molecule has 0 saturated carbocycles. The minimum absolute atomic E-state index is 0.0228. The zero-order valence-corrected chi connectivity index (χ0v) is 11.9. The first-order valence-electron chi connectivity index (χ1n) is 4.61. The second kappa shape index (κ2) is 4.85. The molecule has 0 aliphatic carbocycles. The summed E-state index contributed by atoms with van der Waals surface area (Å²) in [6.45, 7) is 2.08. The Morgan fingerprint density at radius 2 is 1.87 bits per heavy atom. The highest BCUT2D eigenvalue weighted by Gasteiger charge is 2.11. The zero-order chi connectivity index (χ0) is 10.8. The summed E-state index contributed by atoms with van der Waals surface area (Å²) >= 11 is 10.5. The summed E-state index contributed by atoms with van der Waals surface area (Å²) in [7, 11) is 0. The Labute approximate surface area is 112 Å². The minimum Gasteiger partial charge on any atom is -0.137 e. The maximum atomic E-state index is 6.40. The molecule has 1 atom stereocenters. The number of hydrogen-bond acceptors (Lipinski definition) is 1. The molecule has 78 valence electrons. The van der Waals surface area contributed by atoms with E-state index in [9.17, 15) is 0 Å². The molecule has 0 spiro atoms. The van der Waals surface area contributed by atoms with Crippen LogP contribution in [0, 0.1) is 9.81 Å². The van der Waals surface area contributed by atoms with Crippen LogP contribution in [0.1, 0.15) is 22.1 Å². The highest BCUT2D eigenvalue weighted by Crippen LogP contribution is 2.32. The molecule has 3 heteroatoms. The number of thiophene rings is 1. The highest BCUT2D eigenvalue weighted by molar-refractivity contribution is 14.1. The van der Waals surface area contributed by atoms with E-state index in [0.29, 0.717) is 0 Å². The monoisotopic (exact) mass is 348 g/mol. The smallest absolute Gasteiger partial charge is 0.0843 e. The van der Waals surface area contributed by atoms with Crippen LogP contribution in [-0.2, 0) is 0 Å². The van der Waals surface area contributed by atoms with Gasteiger partial charge in [0.2, 0.25) is 0 Å². The molecule has 0 bridgehead atoms. The van der Waals surface area contributed by atoms with E-state index in [1.54, 1.807) is 11.3 Å². The largest absolute Gasteiger partial charge is 0.137 e. The summed E-state index contributed by atoms with van der Waals surface area (Å²) in [4.78, 5) is 0. The van der Waals surface area contributed by atoms with Crippen LogP contribution in [0.4, 0.5) is 0 Å².